The van der Waals surface area contributed by atoms with Crippen molar-refractivity contribution in [2.75, 3.05) is 7.05 Å². The molecule has 3 rings (SSSR count). The van der Waals surface area contributed by atoms with Gasteiger partial charge in [-0.05, 0) is 43.3 Å². The summed E-state index contributed by atoms with van der Waals surface area (Å²) in [5, 5.41) is 7.90. The lowest BCUT2D eigenvalue weighted by atomic mass is 9.99. The number of hydrogen-bond donors (Lipinski definition) is 1. The van der Waals surface area contributed by atoms with Gasteiger partial charge in [0.1, 0.15) is 0 Å². The average molecular weight is 277 g/mol. The molecule has 1 aromatic heterocycles. The molecule has 106 valence electrons. The van der Waals surface area contributed by atoms with Crippen molar-refractivity contribution in [2.45, 2.75) is 13.0 Å². The number of aryl methyl sites for hydroxylation is 1. The molecular formula is C18H19N3. The summed E-state index contributed by atoms with van der Waals surface area (Å²) in [4.78, 5) is 0. The maximum Gasteiger partial charge on any atom is 0.0753 e. The zero-order valence-corrected chi connectivity index (χ0v) is 12.3. The highest BCUT2D eigenvalue weighted by atomic mass is 15.3. The maximum atomic E-state index is 4.49. The summed E-state index contributed by atoms with van der Waals surface area (Å²) in [5.41, 5.74) is 4.76. The predicted octanol–water partition coefficient (Wildman–Crippen LogP) is 3.49. The van der Waals surface area contributed by atoms with Gasteiger partial charge in [-0.3, -0.25) is 0 Å². The van der Waals surface area contributed by atoms with E-state index in [-0.39, 0.29) is 6.04 Å². The van der Waals surface area contributed by atoms with Crippen LogP contribution in [0.3, 0.4) is 0 Å². The molecule has 0 aliphatic heterocycles. The van der Waals surface area contributed by atoms with Crippen LogP contribution in [0.4, 0.5) is 0 Å². The van der Waals surface area contributed by atoms with E-state index in [9.17, 15) is 0 Å². The van der Waals surface area contributed by atoms with Crippen LogP contribution < -0.4 is 5.32 Å². The van der Waals surface area contributed by atoms with E-state index in [2.05, 4.69) is 59.8 Å². The summed E-state index contributed by atoms with van der Waals surface area (Å²) in [7, 11) is 1.99. The van der Waals surface area contributed by atoms with Gasteiger partial charge in [0.05, 0.1) is 17.4 Å². The van der Waals surface area contributed by atoms with Gasteiger partial charge in [-0.25, -0.2) is 4.68 Å². The smallest absolute Gasteiger partial charge is 0.0753 e. The molecule has 1 unspecified atom stereocenters. The Morgan fingerprint density at radius 3 is 2.38 bits per heavy atom. The molecule has 2 aromatic carbocycles. The van der Waals surface area contributed by atoms with Gasteiger partial charge in [-0.15, -0.1) is 0 Å². The third-order valence-corrected chi connectivity index (χ3v) is 3.76. The van der Waals surface area contributed by atoms with Crippen molar-refractivity contribution in [3.05, 3.63) is 83.7 Å². The molecule has 0 radical (unpaired) electrons. The molecule has 0 spiro atoms. The number of nitrogens with one attached hydrogen (secondary N) is 1. The molecule has 1 heterocycles. The molecular weight excluding hydrogens is 258 g/mol. The monoisotopic (exact) mass is 277 g/mol. The molecule has 3 nitrogen and oxygen atoms in total. The Labute approximate surface area is 125 Å². The Morgan fingerprint density at radius 2 is 1.67 bits per heavy atom. The molecule has 0 saturated heterocycles. The predicted molar refractivity (Wildman–Crippen MR) is 85.6 cm³/mol. The van der Waals surface area contributed by atoms with Crippen LogP contribution in [0.15, 0.2) is 66.9 Å². The Bertz CT molecular complexity index is 716. The van der Waals surface area contributed by atoms with Crippen molar-refractivity contribution in [3.63, 3.8) is 0 Å². The Morgan fingerprint density at radius 1 is 0.952 bits per heavy atom. The first-order valence-electron chi connectivity index (χ1n) is 7.13. The van der Waals surface area contributed by atoms with Crippen molar-refractivity contribution < 1.29 is 0 Å². The van der Waals surface area contributed by atoms with Gasteiger partial charge in [0.2, 0.25) is 0 Å². The lowest BCUT2D eigenvalue weighted by molar-refractivity contribution is 0.634. The first-order valence-corrected chi connectivity index (χ1v) is 7.13. The summed E-state index contributed by atoms with van der Waals surface area (Å²) in [6.07, 6.45) is 1.85. The topological polar surface area (TPSA) is 29.9 Å². The molecule has 0 aliphatic rings. The van der Waals surface area contributed by atoms with Gasteiger partial charge in [0.25, 0.3) is 0 Å². The van der Waals surface area contributed by atoms with Gasteiger partial charge in [0.15, 0.2) is 0 Å². The highest BCUT2D eigenvalue weighted by Gasteiger charge is 2.18. The number of hydrogen-bond acceptors (Lipinski definition) is 2. The highest BCUT2D eigenvalue weighted by molar-refractivity contribution is 5.38. The number of benzene rings is 2. The average Bonchev–Trinajstić information content (AvgIpc) is 3.00. The molecule has 3 heteroatoms. The minimum Gasteiger partial charge on any atom is -0.308 e. The van der Waals surface area contributed by atoms with Crippen molar-refractivity contribution in [1.29, 1.82) is 0 Å². The molecule has 0 amide bonds. The minimum atomic E-state index is 0.119. The Kier molecular flexibility index (Phi) is 3.84. The largest absolute Gasteiger partial charge is 0.308 e. The van der Waals surface area contributed by atoms with E-state index in [0.717, 1.165) is 11.4 Å². The Balaban J connectivity index is 2.08. The zero-order chi connectivity index (χ0) is 14.7. The fourth-order valence-electron chi connectivity index (χ4n) is 2.69. The summed E-state index contributed by atoms with van der Waals surface area (Å²) in [6.45, 7) is 2.14. The van der Waals surface area contributed by atoms with Crippen LogP contribution in [0, 0.1) is 6.92 Å². The van der Waals surface area contributed by atoms with Crippen LogP contribution in [0.25, 0.3) is 5.69 Å². The van der Waals surface area contributed by atoms with Crippen LogP contribution in [0.1, 0.15) is 22.9 Å². The van der Waals surface area contributed by atoms with Gasteiger partial charge in [0, 0.05) is 6.20 Å². The van der Waals surface area contributed by atoms with E-state index >= 15 is 0 Å². The SMILES string of the molecule is CNC(c1ccccc1C)c1ccnn1-c1ccccc1. The van der Waals surface area contributed by atoms with Crippen molar-refractivity contribution in [2.24, 2.45) is 0 Å². The van der Waals surface area contributed by atoms with Crippen LogP contribution >= 0.6 is 0 Å². The third kappa shape index (κ3) is 2.60. The lowest BCUT2D eigenvalue weighted by Gasteiger charge is -2.20. The second-order valence-corrected chi connectivity index (χ2v) is 5.08. The molecule has 0 aliphatic carbocycles. The van der Waals surface area contributed by atoms with Crippen LogP contribution in [0.2, 0.25) is 0 Å². The van der Waals surface area contributed by atoms with Gasteiger partial charge < -0.3 is 5.32 Å². The van der Waals surface area contributed by atoms with Gasteiger partial charge in [-0.2, -0.15) is 5.10 Å². The first kappa shape index (κ1) is 13.6. The number of rotatable bonds is 4. The van der Waals surface area contributed by atoms with E-state index < -0.39 is 0 Å². The normalized spacial score (nSPS) is 12.3. The fraction of sp³-hybridized carbons (Fsp3) is 0.167. The first-order chi connectivity index (χ1) is 10.3. The fourth-order valence-corrected chi connectivity index (χ4v) is 2.69. The maximum absolute atomic E-state index is 4.49. The molecule has 21 heavy (non-hydrogen) atoms. The van der Waals surface area contributed by atoms with Crippen molar-refractivity contribution >= 4 is 0 Å². The van der Waals surface area contributed by atoms with Gasteiger partial charge in [-0.1, -0.05) is 42.5 Å². The molecule has 0 saturated carbocycles. The Hall–Kier alpha value is -2.39. The third-order valence-electron chi connectivity index (χ3n) is 3.76. The molecule has 1 N–H and O–H groups in total. The number of nitrogens with zero attached hydrogens (tertiary/aromatic N) is 2. The van der Waals surface area contributed by atoms with E-state index in [1.165, 1.54) is 11.1 Å². The summed E-state index contributed by atoms with van der Waals surface area (Å²) in [6, 6.07) is 20.9. The molecule has 0 fully saturated rings. The second kappa shape index (κ2) is 5.94. The number of para-hydroxylation sites is 1. The summed E-state index contributed by atoms with van der Waals surface area (Å²) in [5.74, 6) is 0. The number of aromatic nitrogens is 2. The zero-order valence-electron chi connectivity index (χ0n) is 12.3. The summed E-state index contributed by atoms with van der Waals surface area (Å²) >= 11 is 0. The van der Waals surface area contributed by atoms with Crippen LogP contribution in [-0.4, -0.2) is 16.8 Å². The van der Waals surface area contributed by atoms with Gasteiger partial charge >= 0.3 is 0 Å². The highest BCUT2D eigenvalue weighted by Crippen LogP contribution is 2.26. The van der Waals surface area contributed by atoms with E-state index in [1.807, 2.05) is 36.1 Å². The minimum absolute atomic E-state index is 0.119. The quantitative estimate of drug-likeness (QED) is 0.791. The van der Waals surface area contributed by atoms with E-state index in [0.29, 0.717) is 0 Å². The summed E-state index contributed by atoms with van der Waals surface area (Å²) < 4.78 is 1.99. The second-order valence-electron chi connectivity index (χ2n) is 5.08. The standard InChI is InChI=1S/C18H19N3/c1-14-8-6-7-11-16(14)18(19-2)17-12-13-20-21(17)15-9-4-3-5-10-15/h3-13,18-19H,1-2H3. The van der Waals surface area contributed by atoms with E-state index in [4.69, 9.17) is 0 Å². The van der Waals surface area contributed by atoms with Crippen LogP contribution in [-0.2, 0) is 0 Å². The lowest BCUT2D eigenvalue weighted by Crippen LogP contribution is -2.21. The molecule has 1 atom stereocenters. The van der Waals surface area contributed by atoms with E-state index in [1.54, 1.807) is 0 Å². The molecule has 0 bridgehead atoms. The van der Waals surface area contributed by atoms with Crippen molar-refractivity contribution in [3.8, 4) is 5.69 Å². The molecule has 3 aromatic rings. The van der Waals surface area contributed by atoms with Crippen molar-refractivity contribution in [1.82, 2.24) is 15.1 Å². The van der Waals surface area contributed by atoms with Crippen LogP contribution in [0.5, 0.6) is 0 Å².